The minimum Gasteiger partial charge on any atom is -0.353 e. The van der Waals surface area contributed by atoms with Crippen molar-refractivity contribution in [3.8, 4) is 0 Å². The number of hydrogen-bond donors (Lipinski definition) is 2. The predicted octanol–water partition coefficient (Wildman–Crippen LogP) is 2.34. The smallest absolute Gasteiger partial charge is 0.237 e. The summed E-state index contributed by atoms with van der Waals surface area (Å²) in [5, 5.41) is 5.43. The van der Waals surface area contributed by atoms with Crippen LogP contribution >= 0.6 is 11.8 Å². The predicted molar refractivity (Wildman–Crippen MR) is 97.5 cm³/mol. The molecule has 0 spiro atoms. The summed E-state index contributed by atoms with van der Waals surface area (Å²) in [4.78, 5) is 24.7. The molecule has 1 atom stereocenters. The second-order valence-electron chi connectivity index (χ2n) is 6.53. The third-order valence-corrected chi connectivity index (χ3v) is 7.45. The van der Waals surface area contributed by atoms with Crippen LogP contribution in [0.25, 0.3) is 0 Å². The molecular formula is C17H22N2O4S2. The van der Waals surface area contributed by atoms with Crippen molar-refractivity contribution < 1.29 is 18.0 Å². The van der Waals surface area contributed by atoms with E-state index in [9.17, 15) is 18.0 Å². The third-order valence-electron chi connectivity index (χ3n) is 4.56. The van der Waals surface area contributed by atoms with Crippen molar-refractivity contribution in [3.05, 3.63) is 18.2 Å². The van der Waals surface area contributed by atoms with E-state index in [1.807, 2.05) is 0 Å². The van der Waals surface area contributed by atoms with E-state index >= 15 is 0 Å². The first-order valence-corrected chi connectivity index (χ1v) is 11.0. The Kier molecular flexibility index (Phi) is 5.38. The number of hydrogen-bond acceptors (Lipinski definition) is 5. The lowest BCUT2D eigenvalue weighted by molar-refractivity contribution is -0.121. The monoisotopic (exact) mass is 382 g/mol. The molecule has 1 saturated carbocycles. The van der Waals surface area contributed by atoms with Gasteiger partial charge in [-0.25, -0.2) is 8.42 Å². The normalized spacial score (nSPS) is 20.8. The molecule has 0 radical (unpaired) electrons. The minimum atomic E-state index is -3.57. The van der Waals surface area contributed by atoms with E-state index in [0.717, 1.165) is 30.6 Å². The standard InChI is InChI=1S/C17H22N2O4S2/c1-11-17(21)19-14-10-13(6-7-15(14)24-11)25(22,23)9-8-16(20)18-12-4-2-3-5-12/h6-7,10-12H,2-5,8-9H2,1H3,(H,18,20)(H,19,21)/t11-/m0/s1. The lowest BCUT2D eigenvalue weighted by Crippen LogP contribution is -2.33. The van der Waals surface area contributed by atoms with Crippen LogP contribution in [0, 0.1) is 0 Å². The molecule has 3 rings (SSSR count). The topological polar surface area (TPSA) is 92.3 Å². The summed E-state index contributed by atoms with van der Waals surface area (Å²) in [5.41, 5.74) is 0.518. The number of anilines is 1. The molecule has 8 heteroatoms. The van der Waals surface area contributed by atoms with Crippen molar-refractivity contribution in [3.63, 3.8) is 0 Å². The number of fused-ring (bicyclic) bond motifs is 1. The van der Waals surface area contributed by atoms with Crippen LogP contribution in [0.4, 0.5) is 5.69 Å². The largest absolute Gasteiger partial charge is 0.353 e. The van der Waals surface area contributed by atoms with Crippen LogP contribution in [0.15, 0.2) is 28.0 Å². The molecule has 2 aliphatic rings. The highest BCUT2D eigenvalue weighted by molar-refractivity contribution is 8.01. The van der Waals surface area contributed by atoms with Gasteiger partial charge in [-0.1, -0.05) is 12.8 Å². The Bertz CT molecular complexity index is 786. The first-order valence-electron chi connectivity index (χ1n) is 8.49. The molecule has 2 N–H and O–H groups in total. The zero-order chi connectivity index (χ0) is 18.0. The first-order chi connectivity index (χ1) is 11.8. The van der Waals surface area contributed by atoms with Crippen molar-refractivity contribution >= 4 is 39.1 Å². The average molecular weight is 383 g/mol. The maximum absolute atomic E-state index is 12.5. The van der Waals surface area contributed by atoms with Gasteiger partial charge in [-0.3, -0.25) is 9.59 Å². The summed E-state index contributed by atoms with van der Waals surface area (Å²) >= 11 is 1.40. The fraction of sp³-hybridized carbons (Fsp3) is 0.529. The van der Waals surface area contributed by atoms with Crippen molar-refractivity contribution in [1.29, 1.82) is 0 Å². The molecule has 1 heterocycles. The maximum atomic E-state index is 12.5. The van der Waals surface area contributed by atoms with Crippen LogP contribution in [-0.4, -0.2) is 37.3 Å². The molecular weight excluding hydrogens is 360 g/mol. The lowest BCUT2D eigenvalue weighted by Gasteiger charge is -2.21. The highest BCUT2D eigenvalue weighted by Gasteiger charge is 2.25. The van der Waals surface area contributed by atoms with Crippen LogP contribution in [-0.2, 0) is 19.4 Å². The molecule has 0 saturated heterocycles. The Balaban J connectivity index is 1.65. The minimum absolute atomic E-state index is 0.0476. The highest BCUT2D eigenvalue weighted by Crippen LogP contribution is 2.36. The molecule has 1 fully saturated rings. The Morgan fingerprint density at radius 3 is 2.76 bits per heavy atom. The number of rotatable bonds is 5. The van der Waals surface area contributed by atoms with Gasteiger partial charge < -0.3 is 10.6 Å². The van der Waals surface area contributed by atoms with E-state index < -0.39 is 9.84 Å². The molecule has 25 heavy (non-hydrogen) atoms. The second kappa shape index (κ2) is 7.37. The highest BCUT2D eigenvalue weighted by atomic mass is 32.2. The summed E-state index contributed by atoms with van der Waals surface area (Å²) in [5.74, 6) is -0.587. The summed E-state index contributed by atoms with van der Waals surface area (Å²) in [6.07, 6.45) is 4.12. The molecule has 1 aromatic rings. The van der Waals surface area contributed by atoms with Crippen molar-refractivity contribution in [1.82, 2.24) is 5.32 Å². The number of sulfone groups is 1. The van der Waals surface area contributed by atoms with Gasteiger partial charge in [0.15, 0.2) is 9.84 Å². The van der Waals surface area contributed by atoms with Gasteiger partial charge in [-0.15, -0.1) is 11.8 Å². The van der Waals surface area contributed by atoms with Crippen LogP contribution in [0.1, 0.15) is 39.0 Å². The molecule has 0 bridgehead atoms. The molecule has 1 aliphatic heterocycles. The third kappa shape index (κ3) is 4.36. The summed E-state index contributed by atoms with van der Waals surface area (Å²) in [7, 11) is -3.57. The van der Waals surface area contributed by atoms with Crippen molar-refractivity contribution in [2.24, 2.45) is 0 Å². The fourth-order valence-electron chi connectivity index (χ4n) is 3.10. The Morgan fingerprint density at radius 2 is 2.04 bits per heavy atom. The lowest BCUT2D eigenvalue weighted by atomic mass is 10.2. The Labute approximate surface area is 152 Å². The first kappa shape index (κ1) is 18.3. The van der Waals surface area contributed by atoms with Crippen molar-refractivity contribution in [2.75, 3.05) is 11.1 Å². The van der Waals surface area contributed by atoms with Gasteiger partial charge in [0.2, 0.25) is 11.8 Å². The van der Waals surface area contributed by atoms with Gasteiger partial charge in [0.25, 0.3) is 0 Å². The Hall–Kier alpha value is -1.54. The SMILES string of the molecule is C[C@@H]1Sc2ccc(S(=O)(=O)CCC(=O)NC3CCCC3)cc2NC1=O. The van der Waals surface area contributed by atoms with Gasteiger partial charge in [-0.2, -0.15) is 0 Å². The van der Waals surface area contributed by atoms with Gasteiger partial charge in [0, 0.05) is 17.4 Å². The zero-order valence-corrected chi connectivity index (χ0v) is 15.7. The zero-order valence-electron chi connectivity index (χ0n) is 14.1. The van der Waals surface area contributed by atoms with Crippen molar-refractivity contribution in [2.45, 2.75) is 60.1 Å². The van der Waals surface area contributed by atoms with E-state index in [0.29, 0.717) is 5.69 Å². The molecule has 1 aromatic carbocycles. The summed E-state index contributed by atoms with van der Waals surface area (Å²) in [6, 6.07) is 4.92. The van der Waals surface area contributed by atoms with Crippen LogP contribution < -0.4 is 10.6 Å². The molecule has 1 aliphatic carbocycles. The van der Waals surface area contributed by atoms with Gasteiger partial charge in [0.1, 0.15) is 0 Å². The number of carbonyl (C=O) groups is 2. The number of thioether (sulfide) groups is 1. The van der Waals surface area contributed by atoms with E-state index in [4.69, 9.17) is 0 Å². The second-order valence-corrected chi connectivity index (χ2v) is 10.0. The van der Waals surface area contributed by atoms with E-state index in [1.54, 1.807) is 19.1 Å². The summed E-state index contributed by atoms with van der Waals surface area (Å²) in [6.45, 7) is 1.80. The van der Waals surface area contributed by atoms with Crippen LogP contribution in [0.2, 0.25) is 0 Å². The van der Waals surface area contributed by atoms with E-state index in [1.165, 1.54) is 17.8 Å². The van der Waals surface area contributed by atoms with E-state index in [-0.39, 0.29) is 40.2 Å². The number of amides is 2. The van der Waals surface area contributed by atoms with Gasteiger partial charge in [0.05, 0.1) is 21.6 Å². The number of nitrogens with one attached hydrogen (secondary N) is 2. The number of benzene rings is 1. The molecule has 0 unspecified atom stereocenters. The molecule has 0 aromatic heterocycles. The summed E-state index contributed by atoms with van der Waals surface area (Å²) < 4.78 is 25.0. The van der Waals surface area contributed by atoms with Gasteiger partial charge in [-0.05, 0) is 38.0 Å². The molecule has 6 nitrogen and oxygen atoms in total. The Morgan fingerprint density at radius 1 is 1.32 bits per heavy atom. The van der Waals surface area contributed by atoms with Crippen LogP contribution in [0.3, 0.4) is 0 Å². The fourth-order valence-corrected chi connectivity index (χ4v) is 5.29. The average Bonchev–Trinajstić information content (AvgIpc) is 3.06. The maximum Gasteiger partial charge on any atom is 0.237 e. The number of carbonyl (C=O) groups excluding carboxylic acids is 2. The van der Waals surface area contributed by atoms with E-state index in [2.05, 4.69) is 10.6 Å². The van der Waals surface area contributed by atoms with Gasteiger partial charge >= 0.3 is 0 Å². The quantitative estimate of drug-likeness (QED) is 0.815. The molecule has 136 valence electrons. The van der Waals surface area contributed by atoms with Crippen LogP contribution in [0.5, 0.6) is 0 Å². The molecule has 2 amide bonds.